The maximum absolute atomic E-state index is 12.0. The third-order valence-corrected chi connectivity index (χ3v) is 2.53. The fourth-order valence-corrected chi connectivity index (χ4v) is 1.68. The van der Waals surface area contributed by atoms with Crippen molar-refractivity contribution in [3.63, 3.8) is 0 Å². The molecular formula is C11H14N4O2. The Balaban J connectivity index is 2.72. The van der Waals surface area contributed by atoms with Gasteiger partial charge in [0, 0.05) is 13.6 Å². The largest absolute Gasteiger partial charge is 0.467 e. The first-order valence-corrected chi connectivity index (χ1v) is 5.17. The molecule has 1 aromatic heterocycles. The third kappa shape index (κ3) is 1.83. The summed E-state index contributed by atoms with van der Waals surface area (Å²) in [7, 11) is 3.05. The Bertz CT molecular complexity index is 585. The van der Waals surface area contributed by atoms with Crippen LogP contribution in [-0.2, 0) is 13.6 Å². The van der Waals surface area contributed by atoms with Gasteiger partial charge in [0.25, 0.3) is 0 Å². The van der Waals surface area contributed by atoms with Crippen LogP contribution >= 0.6 is 0 Å². The number of nitrogens with two attached hydrogens (primary N) is 1. The van der Waals surface area contributed by atoms with Crippen LogP contribution in [0.25, 0.3) is 5.69 Å². The lowest BCUT2D eigenvalue weighted by Crippen LogP contribution is -2.22. The van der Waals surface area contributed by atoms with E-state index < -0.39 is 0 Å². The monoisotopic (exact) mass is 234 g/mol. The van der Waals surface area contributed by atoms with Crippen molar-refractivity contribution in [2.45, 2.75) is 6.54 Å². The van der Waals surface area contributed by atoms with Crippen molar-refractivity contribution >= 4 is 0 Å². The van der Waals surface area contributed by atoms with Gasteiger partial charge in [-0.05, 0) is 11.6 Å². The van der Waals surface area contributed by atoms with Crippen molar-refractivity contribution in [2.75, 3.05) is 7.11 Å². The van der Waals surface area contributed by atoms with E-state index in [0.717, 1.165) is 5.56 Å². The smallest absolute Gasteiger partial charge is 0.353 e. The molecule has 0 saturated heterocycles. The molecule has 90 valence electrons. The standard InChI is InChI=1S/C11H14N4O2/c1-14-11(16)15(10(13-14)17-2)9-6-4-3-5-8(9)7-12/h3-6H,7,12H2,1-2H3. The maximum Gasteiger partial charge on any atom is 0.353 e. The van der Waals surface area contributed by atoms with Gasteiger partial charge >= 0.3 is 11.7 Å². The van der Waals surface area contributed by atoms with E-state index in [-0.39, 0.29) is 11.7 Å². The van der Waals surface area contributed by atoms with E-state index in [0.29, 0.717) is 12.2 Å². The molecule has 0 spiro atoms. The second kappa shape index (κ2) is 4.42. The fourth-order valence-electron chi connectivity index (χ4n) is 1.68. The fraction of sp³-hybridized carbons (Fsp3) is 0.273. The van der Waals surface area contributed by atoms with Gasteiger partial charge in [-0.15, -0.1) is 5.10 Å². The molecule has 0 amide bonds. The molecule has 0 atom stereocenters. The molecule has 6 heteroatoms. The summed E-state index contributed by atoms with van der Waals surface area (Å²) in [6, 6.07) is 7.65. The van der Waals surface area contributed by atoms with Gasteiger partial charge < -0.3 is 10.5 Å². The summed E-state index contributed by atoms with van der Waals surface area (Å²) < 4.78 is 7.72. The summed E-state index contributed by atoms with van der Waals surface area (Å²) >= 11 is 0. The normalized spacial score (nSPS) is 10.5. The minimum atomic E-state index is -0.261. The molecule has 17 heavy (non-hydrogen) atoms. The maximum atomic E-state index is 12.0. The molecule has 2 rings (SSSR count). The van der Waals surface area contributed by atoms with Gasteiger partial charge in [-0.25, -0.2) is 14.0 Å². The van der Waals surface area contributed by atoms with E-state index in [2.05, 4.69) is 5.10 Å². The summed E-state index contributed by atoms with van der Waals surface area (Å²) in [5.74, 6) is 0. The minimum absolute atomic E-state index is 0.249. The van der Waals surface area contributed by atoms with Gasteiger partial charge in [0.1, 0.15) is 0 Å². The van der Waals surface area contributed by atoms with Crippen molar-refractivity contribution < 1.29 is 4.74 Å². The van der Waals surface area contributed by atoms with E-state index in [1.165, 1.54) is 16.4 Å². The summed E-state index contributed by atoms with van der Waals surface area (Å²) in [5, 5.41) is 3.98. The highest BCUT2D eigenvalue weighted by atomic mass is 16.5. The predicted octanol–water partition coefficient (Wildman–Crippen LogP) is 0.0383. The van der Waals surface area contributed by atoms with Crippen LogP contribution < -0.4 is 16.2 Å². The highest BCUT2D eigenvalue weighted by Gasteiger charge is 2.15. The van der Waals surface area contributed by atoms with Gasteiger partial charge in [0.05, 0.1) is 12.8 Å². The van der Waals surface area contributed by atoms with Crippen molar-refractivity contribution in [1.29, 1.82) is 0 Å². The lowest BCUT2D eigenvalue weighted by atomic mass is 10.2. The second-order valence-corrected chi connectivity index (χ2v) is 3.56. The number of hydrogen-bond acceptors (Lipinski definition) is 4. The number of aromatic nitrogens is 3. The zero-order valence-electron chi connectivity index (χ0n) is 9.75. The number of para-hydroxylation sites is 1. The van der Waals surface area contributed by atoms with Gasteiger partial charge in [0.15, 0.2) is 0 Å². The summed E-state index contributed by atoms with van der Waals surface area (Å²) in [5.41, 5.74) is 6.95. The molecule has 0 saturated carbocycles. The predicted molar refractivity (Wildman–Crippen MR) is 63.2 cm³/mol. The number of rotatable bonds is 3. The lowest BCUT2D eigenvalue weighted by Gasteiger charge is -2.08. The van der Waals surface area contributed by atoms with Crippen LogP contribution in [0.5, 0.6) is 6.01 Å². The topological polar surface area (TPSA) is 75.1 Å². The van der Waals surface area contributed by atoms with Crippen LogP contribution in [0, 0.1) is 0 Å². The Hall–Kier alpha value is -2.08. The Morgan fingerprint density at radius 1 is 1.41 bits per heavy atom. The zero-order chi connectivity index (χ0) is 12.4. The first-order valence-electron chi connectivity index (χ1n) is 5.17. The Labute approximate surface area is 98.2 Å². The Morgan fingerprint density at radius 2 is 2.12 bits per heavy atom. The highest BCUT2D eigenvalue weighted by molar-refractivity contribution is 5.42. The molecule has 1 aromatic carbocycles. The van der Waals surface area contributed by atoms with Crippen molar-refractivity contribution in [3.05, 3.63) is 40.3 Å². The van der Waals surface area contributed by atoms with Gasteiger partial charge in [-0.3, -0.25) is 0 Å². The third-order valence-electron chi connectivity index (χ3n) is 2.53. The second-order valence-electron chi connectivity index (χ2n) is 3.56. The van der Waals surface area contributed by atoms with Crippen LogP contribution in [-0.4, -0.2) is 21.5 Å². The van der Waals surface area contributed by atoms with Crippen LogP contribution in [0.15, 0.2) is 29.1 Å². The zero-order valence-corrected chi connectivity index (χ0v) is 9.75. The van der Waals surface area contributed by atoms with Crippen LogP contribution in [0.3, 0.4) is 0 Å². The van der Waals surface area contributed by atoms with Gasteiger partial charge in [-0.2, -0.15) is 0 Å². The molecule has 0 aliphatic heterocycles. The summed E-state index contributed by atoms with van der Waals surface area (Å²) in [4.78, 5) is 12.0. The van der Waals surface area contributed by atoms with Crippen LogP contribution in [0.4, 0.5) is 0 Å². The molecule has 0 radical (unpaired) electrons. The number of methoxy groups -OCH3 is 1. The molecular weight excluding hydrogens is 220 g/mol. The molecule has 0 aliphatic rings. The summed E-state index contributed by atoms with van der Waals surface area (Å²) in [6.45, 7) is 0.348. The number of hydrogen-bond donors (Lipinski definition) is 1. The van der Waals surface area contributed by atoms with E-state index in [1.807, 2.05) is 24.3 Å². The molecule has 0 bridgehead atoms. The number of benzene rings is 1. The van der Waals surface area contributed by atoms with E-state index in [1.54, 1.807) is 7.05 Å². The SMILES string of the molecule is COc1nn(C)c(=O)n1-c1ccccc1CN. The molecule has 6 nitrogen and oxygen atoms in total. The van der Waals surface area contributed by atoms with Gasteiger partial charge in [0.2, 0.25) is 0 Å². The van der Waals surface area contributed by atoms with Crippen LogP contribution in [0.1, 0.15) is 5.56 Å². The molecule has 2 aromatic rings. The van der Waals surface area contributed by atoms with Crippen molar-refractivity contribution in [2.24, 2.45) is 12.8 Å². The minimum Gasteiger partial charge on any atom is -0.467 e. The molecule has 0 fully saturated rings. The van der Waals surface area contributed by atoms with E-state index >= 15 is 0 Å². The average Bonchev–Trinajstić information content (AvgIpc) is 2.65. The van der Waals surface area contributed by atoms with E-state index in [4.69, 9.17) is 10.5 Å². The summed E-state index contributed by atoms with van der Waals surface area (Å²) in [6.07, 6.45) is 0. The molecule has 0 unspecified atom stereocenters. The number of nitrogens with zero attached hydrogens (tertiary/aromatic N) is 3. The van der Waals surface area contributed by atoms with Gasteiger partial charge in [-0.1, -0.05) is 18.2 Å². The van der Waals surface area contributed by atoms with Crippen LogP contribution in [0.2, 0.25) is 0 Å². The quantitative estimate of drug-likeness (QED) is 0.813. The van der Waals surface area contributed by atoms with Crippen molar-refractivity contribution in [1.82, 2.24) is 14.3 Å². The first-order chi connectivity index (χ1) is 8.19. The van der Waals surface area contributed by atoms with E-state index in [9.17, 15) is 4.79 Å². The molecule has 2 N–H and O–H groups in total. The number of aryl methyl sites for hydroxylation is 1. The highest BCUT2D eigenvalue weighted by Crippen LogP contribution is 2.16. The van der Waals surface area contributed by atoms with Crippen molar-refractivity contribution in [3.8, 4) is 11.7 Å². The Kier molecular flexibility index (Phi) is 2.97. The molecule has 0 aliphatic carbocycles. The number of ether oxygens (including phenoxy) is 1. The first kappa shape index (κ1) is 11.4. The lowest BCUT2D eigenvalue weighted by molar-refractivity contribution is 0.368. The molecule has 1 heterocycles. The average molecular weight is 234 g/mol. The Morgan fingerprint density at radius 3 is 2.76 bits per heavy atom.